The van der Waals surface area contributed by atoms with Crippen LogP contribution in [0.15, 0.2) is 12.7 Å². The smallest absolute Gasteiger partial charge is 0.481 e. The van der Waals surface area contributed by atoms with E-state index in [1.807, 2.05) is 0 Å². The molecular weight excluding hydrogens is 488 g/mol. The van der Waals surface area contributed by atoms with Crippen molar-refractivity contribution in [2.24, 2.45) is 17.8 Å². The normalized spacial score (nSPS) is 29.7. The SMILES string of the molecule is C=CC(=O)OCOC(=O)OC1CCC(C(=O)OC2CCC(C(=O)OC3CCC(C(=O)O)CC3)CC2)CC1. The van der Waals surface area contributed by atoms with Crippen LogP contribution in [-0.2, 0) is 42.9 Å². The number of carbonyl (C=O) groups is 5. The maximum atomic E-state index is 12.6. The first-order valence-corrected chi connectivity index (χ1v) is 13.0. The molecule has 11 heteroatoms. The standard InChI is InChI=1S/C26H36O11/c1-2-22(27)33-15-34-26(32)37-21-13-7-18(8-14-21)25(31)36-20-11-5-17(6-12-20)24(30)35-19-9-3-16(4-10-19)23(28)29/h2,16-21H,1,3-15H2,(H,28,29). The van der Waals surface area contributed by atoms with Crippen molar-refractivity contribution >= 4 is 30.0 Å². The Kier molecular flexibility index (Phi) is 10.8. The molecule has 0 saturated heterocycles. The van der Waals surface area contributed by atoms with Crippen LogP contribution in [0, 0.1) is 17.8 Å². The van der Waals surface area contributed by atoms with Crippen LogP contribution < -0.4 is 0 Å². The third-order valence-electron chi connectivity index (χ3n) is 7.41. The Morgan fingerprint density at radius 2 is 1.03 bits per heavy atom. The largest absolute Gasteiger partial charge is 0.511 e. The minimum Gasteiger partial charge on any atom is -0.481 e. The molecule has 3 saturated carbocycles. The first kappa shape index (κ1) is 28.5. The van der Waals surface area contributed by atoms with E-state index in [1.165, 1.54) is 0 Å². The van der Waals surface area contributed by atoms with Gasteiger partial charge in [-0.2, -0.15) is 0 Å². The quantitative estimate of drug-likeness (QED) is 0.203. The molecule has 3 aliphatic rings. The van der Waals surface area contributed by atoms with E-state index < -0.39 is 24.9 Å². The minimum atomic E-state index is -0.939. The van der Waals surface area contributed by atoms with Crippen molar-refractivity contribution < 1.29 is 52.8 Å². The Balaban J connectivity index is 1.28. The van der Waals surface area contributed by atoms with Crippen molar-refractivity contribution in [2.75, 3.05) is 6.79 Å². The average Bonchev–Trinajstić information content (AvgIpc) is 2.89. The predicted molar refractivity (Wildman–Crippen MR) is 126 cm³/mol. The zero-order valence-electron chi connectivity index (χ0n) is 21.0. The molecule has 0 amide bonds. The number of carbonyl (C=O) groups excluding carboxylic acids is 4. The lowest BCUT2D eigenvalue weighted by atomic mass is 9.85. The summed E-state index contributed by atoms with van der Waals surface area (Å²) in [6.07, 6.45) is 5.80. The Morgan fingerprint density at radius 1 is 0.622 bits per heavy atom. The van der Waals surface area contributed by atoms with E-state index in [-0.39, 0.29) is 48.0 Å². The van der Waals surface area contributed by atoms with Gasteiger partial charge in [-0.1, -0.05) is 6.58 Å². The maximum Gasteiger partial charge on any atom is 0.511 e. The summed E-state index contributed by atoms with van der Waals surface area (Å²) in [6, 6.07) is 0. The van der Waals surface area contributed by atoms with Crippen LogP contribution in [0.5, 0.6) is 0 Å². The monoisotopic (exact) mass is 524 g/mol. The van der Waals surface area contributed by atoms with Crippen LogP contribution in [0.2, 0.25) is 0 Å². The molecule has 0 bridgehead atoms. The van der Waals surface area contributed by atoms with Gasteiger partial charge in [0.25, 0.3) is 0 Å². The summed E-state index contributed by atoms with van der Waals surface area (Å²) in [5, 5.41) is 9.09. The zero-order valence-corrected chi connectivity index (χ0v) is 21.0. The Labute approximate surface area is 215 Å². The minimum absolute atomic E-state index is 0.214. The van der Waals surface area contributed by atoms with Crippen molar-refractivity contribution in [1.29, 1.82) is 0 Å². The first-order valence-electron chi connectivity index (χ1n) is 13.0. The van der Waals surface area contributed by atoms with Gasteiger partial charge in [0.1, 0.15) is 18.3 Å². The van der Waals surface area contributed by atoms with Crippen molar-refractivity contribution in [3.8, 4) is 0 Å². The second-order valence-electron chi connectivity index (χ2n) is 9.93. The Bertz CT molecular complexity index is 829. The topological polar surface area (TPSA) is 152 Å². The summed E-state index contributed by atoms with van der Waals surface area (Å²) in [7, 11) is 0. The third-order valence-corrected chi connectivity index (χ3v) is 7.41. The lowest BCUT2D eigenvalue weighted by Crippen LogP contribution is -2.35. The number of hydrogen-bond acceptors (Lipinski definition) is 10. The molecule has 11 nitrogen and oxygen atoms in total. The van der Waals surface area contributed by atoms with Crippen molar-refractivity contribution in [3.63, 3.8) is 0 Å². The number of hydrogen-bond donors (Lipinski definition) is 1. The van der Waals surface area contributed by atoms with E-state index >= 15 is 0 Å². The van der Waals surface area contributed by atoms with Gasteiger partial charge in [-0.25, -0.2) is 9.59 Å². The molecular formula is C26H36O11. The van der Waals surface area contributed by atoms with E-state index in [0.29, 0.717) is 77.0 Å². The van der Waals surface area contributed by atoms with Crippen molar-refractivity contribution in [1.82, 2.24) is 0 Å². The summed E-state index contributed by atoms with van der Waals surface area (Å²) in [6.45, 7) is 2.67. The van der Waals surface area contributed by atoms with E-state index in [4.69, 9.17) is 19.3 Å². The maximum absolute atomic E-state index is 12.6. The number of carboxylic acid groups (broad SMARTS) is 1. The summed E-state index contributed by atoms with van der Waals surface area (Å²) in [4.78, 5) is 58.8. The van der Waals surface area contributed by atoms with Crippen LogP contribution in [0.4, 0.5) is 4.79 Å². The van der Waals surface area contributed by atoms with Crippen LogP contribution in [0.25, 0.3) is 0 Å². The predicted octanol–water partition coefficient (Wildman–Crippen LogP) is 3.67. The molecule has 0 aromatic heterocycles. The van der Waals surface area contributed by atoms with Crippen molar-refractivity contribution in [2.45, 2.75) is 95.4 Å². The van der Waals surface area contributed by atoms with Crippen LogP contribution in [0.3, 0.4) is 0 Å². The highest BCUT2D eigenvalue weighted by Gasteiger charge is 2.35. The molecule has 1 N–H and O–H groups in total. The summed E-state index contributed by atoms with van der Waals surface area (Å²) >= 11 is 0. The lowest BCUT2D eigenvalue weighted by molar-refractivity contribution is -0.162. The van der Waals surface area contributed by atoms with E-state index in [0.717, 1.165) is 6.08 Å². The molecule has 0 spiro atoms. The molecule has 37 heavy (non-hydrogen) atoms. The fourth-order valence-electron chi connectivity index (χ4n) is 5.15. The second kappa shape index (κ2) is 14.0. The van der Waals surface area contributed by atoms with Gasteiger partial charge >= 0.3 is 30.0 Å². The summed E-state index contributed by atoms with van der Waals surface area (Å²) < 4.78 is 25.8. The van der Waals surface area contributed by atoms with Gasteiger partial charge in [0.2, 0.25) is 6.79 Å². The van der Waals surface area contributed by atoms with Gasteiger partial charge in [0.15, 0.2) is 0 Å². The molecule has 3 aliphatic carbocycles. The molecule has 0 atom stereocenters. The molecule has 0 heterocycles. The van der Waals surface area contributed by atoms with Gasteiger partial charge in [-0.3, -0.25) is 14.4 Å². The molecule has 3 rings (SSSR count). The average molecular weight is 525 g/mol. The highest BCUT2D eigenvalue weighted by molar-refractivity contribution is 5.81. The van der Waals surface area contributed by atoms with Gasteiger partial charge < -0.3 is 28.8 Å². The number of carboxylic acids is 1. The zero-order chi connectivity index (χ0) is 26.8. The Morgan fingerprint density at radius 3 is 1.43 bits per heavy atom. The lowest BCUT2D eigenvalue weighted by Gasteiger charge is -2.32. The van der Waals surface area contributed by atoms with E-state index in [9.17, 15) is 24.0 Å². The van der Waals surface area contributed by atoms with Crippen LogP contribution in [0.1, 0.15) is 77.0 Å². The summed E-state index contributed by atoms with van der Waals surface area (Å²) in [5.74, 6) is -2.84. The number of rotatable bonds is 9. The van der Waals surface area contributed by atoms with E-state index in [1.54, 1.807) is 0 Å². The number of esters is 3. The van der Waals surface area contributed by atoms with Gasteiger partial charge in [0, 0.05) is 6.08 Å². The molecule has 0 aliphatic heterocycles. The van der Waals surface area contributed by atoms with Crippen LogP contribution in [-0.4, -0.2) is 60.2 Å². The van der Waals surface area contributed by atoms with Crippen LogP contribution >= 0.6 is 0 Å². The molecule has 0 radical (unpaired) electrons. The second-order valence-corrected chi connectivity index (χ2v) is 9.93. The molecule has 3 fully saturated rings. The number of aliphatic carboxylic acids is 1. The third kappa shape index (κ3) is 9.05. The van der Waals surface area contributed by atoms with Gasteiger partial charge in [0.05, 0.1) is 17.8 Å². The summed E-state index contributed by atoms with van der Waals surface area (Å²) in [5.41, 5.74) is 0. The van der Waals surface area contributed by atoms with E-state index in [2.05, 4.69) is 16.1 Å². The van der Waals surface area contributed by atoms with Gasteiger partial charge in [-0.15, -0.1) is 0 Å². The van der Waals surface area contributed by atoms with Gasteiger partial charge in [-0.05, 0) is 77.0 Å². The van der Waals surface area contributed by atoms with Crippen molar-refractivity contribution in [3.05, 3.63) is 12.7 Å². The number of ether oxygens (including phenoxy) is 5. The fourth-order valence-corrected chi connectivity index (χ4v) is 5.15. The highest BCUT2D eigenvalue weighted by atomic mass is 16.8. The first-order chi connectivity index (χ1) is 17.7. The molecule has 0 aromatic rings. The molecule has 0 unspecified atom stereocenters. The molecule has 0 aromatic carbocycles. The molecule has 206 valence electrons. The fraction of sp³-hybridized carbons (Fsp3) is 0.731. The highest BCUT2D eigenvalue weighted by Crippen LogP contribution is 2.33. The Hall–Kier alpha value is -3.11.